The molecule has 134 valence electrons. The van der Waals surface area contributed by atoms with Gasteiger partial charge in [-0.3, -0.25) is 9.59 Å². The minimum Gasteiger partial charge on any atom is -0.481 e. The summed E-state index contributed by atoms with van der Waals surface area (Å²) >= 11 is 0. The summed E-state index contributed by atoms with van der Waals surface area (Å²) in [6.07, 6.45) is 2.07. The SMILES string of the molecule is CCC(CC)(CC(=O)O)NC(=O)CCc1ccc(-c2ccccc2)[nH]1. The summed E-state index contributed by atoms with van der Waals surface area (Å²) < 4.78 is 0. The van der Waals surface area contributed by atoms with Gasteiger partial charge in [0.25, 0.3) is 0 Å². The minimum atomic E-state index is -0.888. The van der Waals surface area contributed by atoms with Gasteiger partial charge in [-0.1, -0.05) is 44.2 Å². The van der Waals surface area contributed by atoms with Crippen LogP contribution in [0.3, 0.4) is 0 Å². The van der Waals surface area contributed by atoms with E-state index in [4.69, 9.17) is 5.11 Å². The van der Waals surface area contributed by atoms with E-state index in [1.165, 1.54) is 0 Å². The maximum atomic E-state index is 12.3. The molecule has 2 aromatic rings. The van der Waals surface area contributed by atoms with Crippen LogP contribution in [0.5, 0.6) is 0 Å². The van der Waals surface area contributed by atoms with E-state index < -0.39 is 11.5 Å². The Kier molecular flexibility index (Phi) is 6.39. The number of hydrogen-bond donors (Lipinski definition) is 3. The first-order valence-corrected chi connectivity index (χ1v) is 8.74. The Hall–Kier alpha value is -2.56. The van der Waals surface area contributed by atoms with Gasteiger partial charge in [0.1, 0.15) is 0 Å². The Morgan fingerprint density at radius 1 is 1.08 bits per heavy atom. The summed E-state index contributed by atoms with van der Waals surface area (Å²) in [7, 11) is 0. The number of aryl methyl sites for hydroxylation is 1. The number of carboxylic acid groups (broad SMARTS) is 1. The van der Waals surface area contributed by atoms with Crippen LogP contribution in [0.4, 0.5) is 0 Å². The zero-order chi connectivity index (χ0) is 18.3. The predicted octanol–water partition coefficient (Wildman–Crippen LogP) is 3.76. The van der Waals surface area contributed by atoms with Crippen molar-refractivity contribution in [2.75, 3.05) is 0 Å². The van der Waals surface area contributed by atoms with Gasteiger partial charge in [0, 0.05) is 23.3 Å². The van der Waals surface area contributed by atoms with Crippen molar-refractivity contribution in [2.45, 2.75) is 51.5 Å². The van der Waals surface area contributed by atoms with Crippen molar-refractivity contribution >= 4 is 11.9 Å². The van der Waals surface area contributed by atoms with Crippen molar-refractivity contribution < 1.29 is 14.7 Å². The van der Waals surface area contributed by atoms with Crippen molar-refractivity contribution in [1.29, 1.82) is 0 Å². The molecule has 0 aliphatic carbocycles. The number of H-pyrrole nitrogens is 1. The van der Waals surface area contributed by atoms with Crippen LogP contribution in [0.1, 0.15) is 45.2 Å². The molecule has 0 fully saturated rings. The highest BCUT2D eigenvalue weighted by Crippen LogP contribution is 2.21. The molecule has 2 rings (SSSR count). The number of nitrogens with one attached hydrogen (secondary N) is 2. The third-order valence-corrected chi connectivity index (χ3v) is 4.70. The fourth-order valence-electron chi connectivity index (χ4n) is 2.99. The van der Waals surface area contributed by atoms with Crippen molar-refractivity contribution in [3.8, 4) is 11.3 Å². The molecule has 5 heteroatoms. The number of hydrogen-bond acceptors (Lipinski definition) is 2. The van der Waals surface area contributed by atoms with Gasteiger partial charge >= 0.3 is 5.97 Å². The maximum absolute atomic E-state index is 12.3. The van der Waals surface area contributed by atoms with Crippen molar-refractivity contribution in [2.24, 2.45) is 0 Å². The van der Waals surface area contributed by atoms with E-state index >= 15 is 0 Å². The van der Waals surface area contributed by atoms with Gasteiger partial charge in [-0.05, 0) is 37.0 Å². The van der Waals surface area contributed by atoms with Gasteiger partial charge in [0.05, 0.1) is 6.42 Å². The zero-order valence-electron chi connectivity index (χ0n) is 14.8. The molecule has 5 nitrogen and oxygen atoms in total. The summed E-state index contributed by atoms with van der Waals surface area (Å²) in [6, 6.07) is 14.0. The summed E-state index contributed by atoms with van der Waals surface area (Å²) in [6.45, 7) is 3.81. The summed E-state index contributed by atoms with van der Waals surface area (Å²) in [5, 5.41) is 12.0. The standard InChI is InChI=1S/C20H26N2O3/c1-3-20(4-2,14-19(24)25)22-18(23)13-11-16-10-12-17(21-16)15-8-6-5-7-9-15/h5-10,12,21H,3-4,11,13-14H2,1-2H3,(H,22,23)(H,24,25). The quantitative estimate of drug-likeness (QED) is 0.649. The Balaban J connectivity index is 1.93. The molecule has 0 spiro atoms. The molecule has 0 saturated carbocycles. The van der Waals surface area contributed by atoms with E-state index in [9.17, 15) is 9.59 Å². The molecule has 3 N–H and O–H groups in total. The van der Waals surface area contributed by atoms with Crippen LogP contribution >= 0.6 is 0 Å². The molecule has 1 aromatic carbocycles. The van der Waals surface area contributed by atoms with Crippen LogP contribution in [0.2, 0.25) is 0 Å². The summed E-state index contributed by atoms with van der Waals surface area (Å²) in [4.78, 5) is 26.7. The second-order valence-corrected chi connectivity index (χ2v) is 6.37. The molecule has 0 aliphatic rings. The van der Waals surface area contributed by atoms with Gasteiger partial charge in [-0.2, -0.15) is 0 Å². The average Bonchev–Trinajstić information content (AvgIpc) is 3.09. The highest BCUT2D eigenvalue weighted by atomic mass is 16.4. The van der Waals surface area contributed by atoms with Crippen LogP contribution in [-0.2, 0) is 16.0 Å². The maximum Gasteiger partial charge on any atom is 0.305 e. The predicted molar refractivity (Wildman–Crippen MR) is 98.3 cm³/mol. The molecular formula is C20H26N2O3. The topological polar surface area (TPSA) is 82.2 Å². The first-order chi connectivity index (χ1) is 12.0. The molecule has 0 bridgehead atoms. The molecule has 25 heavy (non-hydrogen) atoms. The van der Waals surface area contributed by atoms with Crippen LogP contribution < -0.4 is 5.32 Å². The Bertz CT molecular complexity index is 703. The van der Waals surface area contributed by atoms with Gasteiger partial charge in [-0.15, -0.1) is 0 Å². The van der Waals surface area contributed by atoms with E-state index in [1.807, 2.05) is 56.3 Å². The number of carbonyl (C=O) groups is 2. The van der Waals surface area contributed by atoms with Crippen molar-refractivity contribution in [3.63, 3.8) is 0 Å². The third kappa shape index (κ3) is 5.21. The van der Waals surface area contributed by atoms with Gasteiger partial charge in [0.15, 0.2) is 0 Å². The summed E-state index contributed by atoms with van der Waals surface area (Å²) in [5.41, 5.74) is 2.47. The lowest BCUT2D eigenvalue weighted by Gasteiger charge is -2.31. The normalized spacial score (nSPS) is 11.3. The first kappa shape index (κ1) is 18.8. The van der Waals surface area contributed by atoms with Gasteiger partial charge in [0.2, 0.25) is 5.91 Å². The number of rotatable bonds is 9. The Labute approximate surface area is 148 Å². The minimum absolute atomic E-state index is 0.0492. The highest BCUT2D eigenvalue weighted by Gasteiger charge is 2.30. The number of aliphatic carboxylic acids is 1. The molecule has 1 amide bonds. The molecular weight excluding hydrogens is 316 g/mol. The number of carboxylic acids is 1. The van der Waals surface area contributed by atoms with E-state index in [2.05, 4.69) is 10.3 Å². The molecule has 0 unspecified atom stereocenters. The largest absolute Gasteiger partial charge is 0.481 e. The molecule has 0 aliphatic heterocycles. The fourth-order valence-corrected chi connectivity index (χ4v) is 2.99. The van der Waals surface area contributed by atoms with E-state index in [0.29, 0.717) is 25.7 Å². The molecule has 0 radical (unpaired) electrons. The van der Waals surface area contributed by atoms with Crippen LogP contribution in [-0.4, -0.2) is 27.5 Å². The van der Waals surface area contributed by atoms with E-state index in [1.54, 1.807) is 0 Å². The second-order valence-electron chi connectivity index (χ2n) is 6.37. The lowest BCUT2D eigenvalue weighted by atomic mass is 9.88. The van der Waals surface area contributed by atoms with Crippen molar-refractivity contribution in [3.05, 3.63) is 48.2 Å². The third-order valence-electron chi connectivity index (χ3n) is 4.70. The molecule has 0 saturated heterocycles. The van der Waals surface area contributed by atoms with E-state index in [0.717, 1.165) is 17.0 Å². The number of aromatic nitrogens is 1. The highest BCUT2D eigenvalue weighted by molar-refractivity contribution is 5.78. The van der Waals surface area contributed by atoms with Crippen LogP contribution in [0.25, 0.3) is 11.3 Å². The second kappa shape index (κ2) is 8.51. The number of aromatic amines is 1. The monoisotopic (exact) mass is 342 g/mol. The van der Waals surface area contributed by atoms with E-state index in [-0.39, 0.29) is 12.3 Å². The zero-order valence-corrected chi connectivity index (χ0v) is 14.8. The lowest BCUT2D eigenvalue weighted by molar-refractivity contribution is -0.139. The number of carbonyl (C=O) groups excluding carboxylic acids is 1. The summed E-state index contributed by atoms with van der Waals surface area (Å²) in [5.74, 6) is -0.998. The number of amides is 1. The number of benzene rings is 1. The Morgan fingerprint density at radius 3 is 2.36 bits per heavy atom. The lowest BCUT2D eigenvalue weighted by Crippen LogP contribution is -2.49. The van der Waals surface area contributed by atoms with Crippen LogP contribution in [0.15, 0.2) is 42.5 Å². The smallest absolute Gasteiger partial charge is 0.305 e. The first-order valence-electron chi connectivity index (χ1n) is 8.74. The van der Waals surface area contributed by atoms with Gasteiger partial charge in [-0.25, -0.2) is 0 Å². The molecule has 1 heterocycles. The van der Waals surface area contributed by atoms with Crippen molar-refractivity contribution in [1.82, 2.24) is 10.3 Å². The molecule has 1 aromatic heterocycles. The fraction of sp³-hybridized carbons (Fsp3) is 0.400. The average molecular weight is 342 g/mol. The Morgan fingerprint density at radius 2 is 1.76 bits per heavy atom. The molecule has 0 atom stereocenters. The van der Waals surface area contributed by atoms with Crippen LogP contribution in [0, 0.1) is 0 Å². The van der Waals surface area contributed by atoms with Gasteiger partial charge < -0.3 is 15.4 Å².